The number of benzene rings is 1. The number of hydrogen-bond acceptors (Lipinski definition) is 4. The van der Waals surface area contributed by atoms with Gasteiger partial charge in [0, 0.05) is 18.7 Å². The van der Waals surface area contributed by atoms with E-state index in [-0.39, 0.29) is 12.1 Å². The topological polar surface area (TPSA) is 33.7 Å². The van der Waals surface area contributed by atoms with Crippen LogP contribution in [0, 0.1) is 0 Å². The monoisotopic (exact) mass is 278 g/mol. The molecule has 1 fully saturated rings. The molecule has 2 rings (SSSR count). The summed E-state index contributed by atoms with van der Waals surface area (Å²) in [5, 5.41) is 3.39. The maximum atomic E-state index is 6.00. The van der Waals surface area contributed by atoms with E-state index in [1.165, 1.54) is 12.0 Å². The Kier molecular flexibility index (Phi) is 5.83. The van der Waals surface area contributed by atoms with Gasteiger partial charge in [-0.1, -0.05) is 25.1 Å². The molecule has 1 N–H and O–H groups in total. The van der Waals surface area contributed by atoms with Gasteiger partial charge in [-0.25, -0.2) is 0 Å². The van der Waals surface area contributed by atoms with Crippen molar-refractivity contribution in [2.24, 2.45) is 0 Å². The van der Waals surface area contributed by atoms with Crippen LogP contribution in [-0.4, -0.2) is 51.4 Å². The summed E-state index contributed by atoms with van der Waals surface area (Å²) >= 11 is 0. The van der Waals surface area contributed by atoms with Crippen molar-refractivity contribution in [1.82, 2.24) is 10.2 Å². The summed E-state index contributed by atoms with van der Waals surface area (Å²) in [6.07, 6.45) is 1.35. The average molecular weight is 278 g/mol. The van der Waals surface area contributed by atoms with Gasteiger partial charge in [0.1, 0.15) is 5.75 Å². The SMILES string of the molecule is CCCN1CCOC(C(NC)c2ccccc2OC)C1. The smallest absolute Gasteiger partial charge is 0.123 e. The second-order valence-corrected chi connectivity index (χ2v) is 5.22. The van der Waals surface area contributed by atoms with E-state index in [9.17, 15) is 0 Å². The highest BCUT2D eigenvalue weighted by Crippen LogP contribution is 2.29. The second kappa shape index (κ2) is 7.62. The Morgan fingerprint density at radius 2 is 2.25 bits per heavy atom. The molecule has 0 bridgehead atoms. The van der Waals surface area contributed by atoms with Crippen LogP contribution in [0.4, 0.5) is 0 Å². The minimum Gasteiger partial charge on any atom is -0.496 e. The van der Waals surface area contributed by atoms with Gasteiger partial charge >= 0.3 is 0 Å². The zero-order valence-corrected chi connectivity index (χ0v) is 12.8. The number of ether oxygens (including phenoxy) is 2. The molecule has 0 amide bonds. The molecule has 2 unspecified atom stereocenters. The standard InChI is InChI=1S/C16H26N2O2/c1-4-9-18-10-11-20-15(12-18)16(17-2)13-7-5-6-8-14(13)19-3/h5-8,15-17H,4,9-12H2,1-3H3. The zero-order chi connectivity index (χ0) is 14.4. The summed E-state index contributed by atoms with van der Waals surface area (Å²) in [6.45, 7) is 6.17. The maximum absolute atomic E-state index is 6.00. The van der Waals surface area contributed by atoms with Crippen molar-refractivity contribution in [3.63, 3.8) is 0 Å². The minimum absolute atomic E-state index is 0.158. The number of morpholine rings is 1. The maximum Gasteiger partial charge on any atom is 0.123 e. The first-order valence-electron chi connectivity index (χ1n) is 7.44. The van der Waals surface area contributed by atoms with Gasteiger partial charge in [0.2, 0.25) is 0 Å². The van der Waals surface area contributed by atoms with Gasteiger partial charge in [-0.15, -0.1) is 0 Å². The first-order chi connectivity index (χ1) is 9.80. The third-order valence-electron chi connectivity index (χ3n) is 3.87. The molecule has 1 aromatic rings. The van der Waals surface area contributed by atoms with Gasteiger partial charge in [-0.2, -0.15) is 0 Å². The van der Waals surface area contributed by atoms with Gasteiger partial charge in [0.05, 0.1) is 25.9 Å². The lowest BCUT2D eigenvalue weighted by atomic mass is 9.99. The molecule has 20 heavy (non-hydrogen) atoms. The van der Waals surface area contributed by atoms with Crippen LogP contribution in [0.2, 0.25) is 0 Å². The zero-order valence-electron chi connectivity index (χ0n) is 12.8. The summed E-state index contributed by atoms with van der Waals surface area (Å²) in [5.74, 6) is 0.920. The van der Waals surface area contributed by atoms with Crippen LogP contribution in [0.5, 0.6) is 5.75 Å². The molecule has 4 heteroatoms. The average Bonchev–Trinajstić information content (AvgIpc) is 2.49. The number of methoxy groups -OCH3 is 1. The second-order valence-electron chi connectivity index (χ2n) is 5.22. The lowest BCUT2D eigenvalue weighted by Crippen LogP contribution is -2.47. The van der Waals surface area contributed by atoms with Crippen LogP contribution < -0.4 is 10.1 Å². The van der Waals surface area contributed by atoms with E-state index < -0.39 is 0 Å². The fourth-order valence-corrected chi connectivity index (χ4v) is 2.92. The Morgan fingerprint density at radius 1 is 1.45 bits per heavy atom. The van der Waals surface area contributed by atoms with Crippen molar-refractivity contribution < 1.29 is 9.47 Å². The quantitative estimate of drug-likeness (QED) is 0.863. The van der Waals surface area contributed by atoms with Gasteiger partial charge in [0.25, 0.3) is 0 Å². The normalized spacial score (nSPS) is 21.6. The van der Waals surface area contributed by atoms with E-state index in [0.717, 1.165) is 32.0 Å². The van der Waals surface area contributed by atoms with Crippen LogP contribution in [0.1, 0.15) is 24.9 Å². The van der Waals surface area contributed by atoms with Crippen LogP contribution in [-0.2, 0) is 4.74 Å². The molecule has 1 heterocycles. The summed E-state index contributed by atoms with van der Waals surface area (Å²) in [6, 6.07) is 8.33. The van der Waals surface area contributed by atoms with Crippen molar-refractivity contribution in [2.45, 2.75) is 25.5 Å². The predicted octanol–water partition coefficient (Wildman–Crippen LogP) is 2.07. The summed E-state index contributed by atoms with van der Waals surface area (Å²) < 4.78 is 11.5. The van der Waals surface area contributed by atoms with E-state index in [1.807, 2.05) is 19.2 Å². The Bertz CT molecular complexity index is 409. The van der Waals surface area contributed by atoms with Gasteiger partial charge in [-0.05, 0) is 26.1 Å². The molecule has 0 saturated carbocycles. The highest BCUT2D eigenvalue weighted by molar-refractivity contribution is 5.36. The molecule has 4 nitrogen and oxygen atoms in total. The van der Waals surface area contributed by atoms with Gasteiger partial charge in [0.15, 0.2) is 0 Å². The molecule has 0 spiro atoms. The Hall–Kier alpha value is -1.10. The van der Waals surface area contributed by atoms with Gasteiger partial charge < -0.3 is 14.8 Å². The molecule has 0 aliphatic carbocycles. The fourth-order valence-electron chi connectivity index (χ4n) is 2.92. The highest BCUT2D eigenvalue weighted by Gasteiger charge is 2.29. The Balaban J connectivity index is 2.14. The number of para-hydroxylation sites is 1. The van der Waals surface area contributed by atoms with E-state index >= 15 is 0 Å². The molecule has 112 valence electrons. The molecule has 1 saturated heterocycles. The molecule has 1 aliphatic rings. The lowest BCUT2D eigenvalue weighted by Gasteiger charge is -2.37. The highest BCUT2D eigenvalue weighted by atomic mass is 16.5. The van der Waals surface area contributed by atoms with E-state index in [1.54, 1.807) is 7.11 Å². The van der Waals surface area contributed by atoms with Crippen LogP contribution in [0.15, 0.2) is 24.3 Å². The predicted molar refractivity (Wildman–Crippen MR) is 81.3 cm³/mol. The molecular weight excluding hydrogens is 252 g/mol. The number of nitrogens with zero attached hydrogens (tertiary/aromatic N) is 1. The summed E-state index contributed by atoms with van der Waals surface area (Å²) in [5.41, 5.74) is 1.17. The molecule has 0 aromatic heterocycles. The minimum atomic E-state index is 0.158. The molecule has 1 aliphatic heterocycles. The molecular formula is C16H26N2O2. The Labute approximate surface area is 122 Å². The van der Waals surface area contributed by atoms with Crippen molar-refractivity contribution in [2.75, 3.05) is 40.4 Å². The number of nitrogens with one attached hydrogen (secondary N) is 1. The lowest BCUT2D eigenvalue weighted by molar-refractivity contribution is -0.0462. The summed E-state index contributed by atoms with van der Waals surface area (Å²) in [7, 11) is 3.70. The summed E-state index contributed by atoms with van der Waals surface area (Å²) in [4.78, 5) is 2.48. The van der Waals surface area contributed by atoms with Crippen LogP contribution in [0.25, 0.3) is 0 Å². The number of hydrogen-bond donors (Lipinski definition) is 1. The van der Waals surface area contributed by atoms with Crippen molar-refractivity contribution in [1.29, 1.82) is 0 Å². The van der Waals surface area contributed by atoms with Crippen molar-refractivity contribution in [3.05, 3.63) is 29.8 Å². The third-order valence-corrected chi connectivity index (χ3v) is 3.87. The number of likely N-dealkylation sites (N-methyl/N-ethyl adjacent to an activating group) is 1. The molecule has 1 aromatic carbocycles. The number of rotatable bonds is 6. The van der Waals surface area contributed by atoms with E-state index in [0.29, 0.717) is 0 Å². The van der Waals surface area contributed by atoms with Crippen LogP contribution in [0.3, 0.4) is 0 Å². The fraction of sp³-hybridized carbons (Fsp3) is 0.625. The third kappa shape index (κ3) is 3.51. The van der Waals surface area contributed by atoms with E-state index in [2.05, 4.69) is 29.3 Å². The Morgan fingerprint density at radius 3 is 2.95 bits per heavy atom. The first-order valence-corrected chi connectivity index (χ1v) is 7.44. The van der Waals surface area contributed by atoms with Crippen LogP contribution >= 0.6 is 0 Å². The van der Waals surface area contributed by atoms with E-state index in [4.69, 9.17) is 9.47 Å². The van der Waals surface area contributed by atoms with Crippen molar-refractivity contribution in [3.8, 4) is 5.75 Å². The van der Waals surface area contributed by atoms with Gasteiger partial charge in [-0.3, -0.25) is 4.90 Å². The molecule has 2 atom stereocenters. The largest absolute Gasteiger partial charge is 0.496 e. The van der Waals surface area contributed by atoms with Crippen molar-refractivity contribution >= 4 is 0 Å². The molecule has 0 radical (unpaired) electrons. The first kappa shape index (κ1) is 15.3.